The van der Waals surface area contributed by atoms with Crippen LogP contribution in [0.4, 0.5) is 0 Å². The fraction of sp³-hybridized carbons (Fsp3) is 0.571. The Morgan fingerprint density at radius 2 is 2.12 bits per heavy atom. The zero-order valence-electron chi connectivity index (χ0n) is 9.58. The van der Waals surface area contributed by atoms with Gasteiger partial charge in [-0.05, 0) is 29.9 Å². The van der Waals surface area contributed by atoms with Gasteiger partial charge >= 0.3 is 0 Å². The number of benzene rings is 1. The van der Waals surface area contributed by atoms with Crippen molar-refractivity contribution in [2.45, 2.75) is 37.9 Å². The number of halogens is 1. The number of rotatable bonds is 2. The lowest BCUT2D eigenvalue weighted by Gasteiger charge is -2.42. The first kappa shape index (κ1) is 11.0. The number of alkyl halides is 1. The Bertz CT molecular complexity index is 399. The van der Waals surface area contributed by atoms with Gasteiger partial charge in [0.05, 0.1) is 12.7 Å². The van der Waals surface area contributed by atoms with E-state index in [1.165, 1.54) is 24.0 Å². The van der Waals surface area contributed by atoms with Gasteiger partial charge in [-0.3, -0.25) is 0 Å². The average molecular weight is 328 g/mol. The highest BCUT2D eigenvalue weighted by Crippen LogP contribution is 2.48. The Kier molecular flexibility index (Phi) is 2.75. The van der Waals surface area contributed by atoms with Crippen molar-refractivity contribution in [3.63, 3.8) is 0 Å². The molecular weight excluding hydrogens is 311 g/mol. The molecule has 0 N–H and O–H groups in total. The van der Waals surface area contributed by atoms with Gasteiger partial charge in [-0.15, -0.1) is 0 Å². The number of hydrogen-bond acceptors (Lipinski definition) is 1. The second-order valence-corrected chi connectivity index (χ2v) is 6.04. The van der Waals surface area contributed by atoms with Crippen molar-refractivity contribution in [1.82, 2.24) is 0 Å². The van der Waals surface area contributed by atoms with Gasteiger partial charge in [0.25, 0.3) is 0 Å². The molecule has 2 atom stereocenters. The molecule has 2 aliphatic rings. The maximum atomic E-state index is 6.13. The minimum Gasteiger partial charge on any atom is -0.372 e. The van der Waals surface area contributed by atoms with Crippen molar-refractivity contribution in [1.29, 1.82) is 0 Å². The van der Waals surface area contributed by atoms with Gasteiger partial charge in [0.2, 0.25) is 0 Å². The van der Waals surface area contributed by atoms with E-state index in [0.29, 0.717) is 6.10 Å². The van der Waals surface area contributed by atoms with Gasteiger partial charge in [-0.25, -0.2) is 0 Å². The zero-order valence-corrected chi connectivity index (χ0v) is 11.7. The lowest BCUT2D eigenvalue weighted by Crippen LogP contribution is -2.45. The van der Waals surface area contributed by atoms with Crippen molar-refractivity contribution < 1.29 is 4.74 Å². The molecule has 1 aromatic rings. The molecule has 1 aliphatic carbocycles. The van der Waals surface area contributed by atoms with Gasteiger partial charge in [0, 0.05) is 9.84 Å². The quantitative estimate of drug-likeness (QED) is 0.594. The lowest BCUT2D eigenvalue weighted by molar-refractivity contribution is -0.0317. The molecule has 16 heavy (non-hydrogen) atoms. The molecule has 1 heterocycles. The second-order valence-electron chi connectivity index (χ2n) is 5.28. The summed E-state index contributed by atoms with van der Waals surface area (Å²) in [4.78, 5) is 0. The minimum absolute atomic E-state index is 0.219. The van der Waals surface area contributed by atoms with Crippen LogP contribution >= 0.6 is 22.6 Å². The van der Waals surface area contributed by atoms with E-state index in [1.54, 1.807) is 0 Å². The third-order valence-corrected chi connectivity index (χ3v) is 5.59. The molecule has 1 saturated carbocycles. The van der Waals surface area contributed by atoms with Crippen LogP contribution < -0.4 is 0 Å². The van der Waals surface area contributed by atoms with E-state index in [2.05, 4.69) is 53.8 Å². The smallest absolute Gasteiger partial charge is 0.0724 e. The summed E-state index contributed by atoms with van der Waals surface area (Å²) in [6, 6.07) is 8.79. The van der Waals surface area contributed by atoms with Crippen LogP contribution in [0.2, 0.25) is 0 Å². The Labute approximate surface area is 111 Å². The first-order valence-electron chi connectivity index (χ1n) is 6.01. The van der Waals surface area contributed by atoms with Gasteiger partial charge in [0.1, 0.15) is 0 Å². The molecule has 86 valence electrons. The molecule has 0 unspecified atom stereocenters. The number of hydrogen-bond donors (Lipinski definition) is 0. The lowest BCUT2D eigenvalue weighted by atomic mass is 9.74. The van der Waals surface area contributed by atoms with Crippen LogP contribution in [0.25, 0.3) is 0 Å². The van der Waals surface area contributed by atoms with Crippen LogP contribution in [-0.2, 0) is 16.8 Å². The van der Waals surface area contributed by atoms with Crippen molar-refractivity contribution >= 4 is 22.6 Å². The van der Waals surface area contributed by atoms with E-state index < -0.39 is 0 Å². The fourth-order valence-corrected chi connectivity index (χ4v) is 3.77. The molecule has 0 radical (unpaired) electrons. The van der Waals surface area contributed by atoms with Crippen LogP contribution in [0.1, 0.15) is 30.9 Å². The van der Waals surface area contributed by atoms with Crippen LogP contribution in [0.5, 0.6) is 0 Å². The summed E-state index contributed by atoms with van der Waals surface area (Å²) in [5.41, 5.74) is 3.13. The Morgan fingerprint density at radius 3 is 2.81 bits per heavy atom. The van der Waals surface area contributed by atoms with Gasteiger partial charge in [-0.2, -0.15) is 0 Å². The third kappa shape index (κ3) is 1.61. The predicted octanol–water partition coefficient (Wildman–Crippen LogP) is 3.69. The van der Waals surface area contributed by atoms with E-state index in [9.17, 15) is 0 Å². The molecule has 1 nitrogen and oxygen atoms in total. The molecule has 0 amide bonds. The van der Waals surface area contributed by atoms with E-state index >= 15 is 0 Å². The molecule has 0 bridgehead atoms. The normalized spacial score (nSPS) is 33.5. The van der Waals surface area contributed by atoms with Gasteiger partial charge < -0.3 is 4.74 Å². The Balaban J connectivity index is 2.05. The van der Waals surface area contributed by atoms with Crippen LogP contribution in [0, 0.1) is 5.92 Å². The Hall–Kier alpha value is -0.0900. The highest BCUT2D eigenvalue weighted by atomic mass is 127. The number of ether oxygens (including phenoxy) is 1. The largest absolute Gasteiger partial charge is 0.372 e. The van der Waals surface area contributed by atoms with Gasteiger partial charge in [-0.1, -0.05) is 53.8 Å². The monoisotopic (exact) mass is 328 g/mol. The maximum Gasteiger partial charge on any atom is 0.0724 e. The predicted molar refractivity (Wildman–Crippen MR) is 74.0 cm³/mol. The molecule has 0 saturated heterocycles. The fourth-order valence-electron chi connectivity index (χ4n) is 2.92. The average Bonchev–Trinajstić information content (AvgIpc) is 3.14. The maximum absolute atomic E-state index is 6.13. The minimum atomic E-state index is 0.219. The Morgan fingerprint density at radius 1 is 1.38 bits per heavy atom. The molecule has 0 spiro atoms. The van der Waals surface area contributed by atoms with E-state index in [4.69, 9.17) is 4.74 Å². The second kappa shape index (κ2) is 3.98. The summed E-state index contributed by atoms with van der Waals surface area (Å²) < 4.78 is 7.27. The van der Waals surface area contributed by atoms with E-state index in [0.717, 1.165) is 17.0 Å². The molecule has 0 aromatic heterocycles. The molecule has 1 fully saturated rings. The van der Waals surface area contributed by atoms with Crippen LogP contribution in [0.3, 0.4) is 0 Å². The van der Waals surface area contributed by atoms with Crippen molar-refractivity contribution in [2.24, 2.45) is 5.92 Å². The standard InChI is InChI=1S/C14H17IO/c1-14(9-15)12-5-3-2-4-11(12)8-16-13(14)10-6-7-10/h2-5,10,13H,6-9H2,1H3/t13-,14-/m0/s1. The highest BCUT2D eigenvalue weighted by molar-refractivity contribution is 14.1. The molecular formula is C14H17IO. The highest BCUT2D eigenvalue weighted by Gasteiger charge is 2.47. The van der Waals surface area contributed by atoms with Crippen LogP contribution in [-0.4, -0.2) is 10.5 Å². The molecule has 1 aliphatic heterocycles. The van der Waals surface area contributed by atoms with Crippen molar-refractivity contribution in [2.75, 3.05) is 4.43 Å². The van der Waals surface area contributed by atoms with Crippen molar-refractivity contribution in [3.05, 3.63) is 35.4 Å². The SMILES string of the molecule is C[C@]1(CI)c2ccccc2CO[C@H]1C1CC1. The molecule has 2 heteroatoms. The van der Waals surface area contributed by atoms with Crippen LogP contribution in [0.15, 0.2) is 24.3 Å². The first-order valence-corrected chi connectivity index (χ1v) is 7.54. The molecule has 3 rings (SSSR count). The summed E-state index contributed by atoms with van der Waals surface area (Å²) >= 11 is 2.52. The summed E-state index contributed by atoms with van der Waals surface area (Å²) in [6.45, 7) is 3.18. The first-order chi connectivity index (χ1) is 7.75. The number of fused-ring (bicyclic) bond motifs is 1. The van der Waals surface area contributed by atoms with Gasteiger partial charge in [0.15, 0.2) is 0 Å². The summed E-state index contributed by atoms with van der Waals surface area (Å²) in [5.74, 6) is 0.813. The zero-order chi connectivity index (χ0) is 11.2. The summed E-state index contributed by atoms with van der Waals surface area (Å²) in [5, 5.41) is 0. The third-order valence-electron chi connectivity index (χ3n) is 4.01. The summed E-state index contributed by atoms with van der Waals surface area (Å²) in [6.07, 6.45) is 3.16. The van der Waals surface area contributed by atoms with E-state index in [1.807, 2.05) is 0 Å². The molecule has 1 aromatic carbocycles. The topological polar surface area (TPSA) is 9.23 Å². The summed E-state index contributed by atoms with van der Waals surface area (Å²) in [7, 11) is 0. The van der Waals surface area contributed by atoms with Crippen molar-refractivity contribution in [3.8, 4) is 0 Å². The van der Waals surface area contributed by atoms with E-state index in [-0.39, 0.29) is 5.41 Å².